The Kier molecular flexibility index (Phi) is 4.04. The largest absolute Gasteiger partial charge is 0.325 e. The average Bonchev–Trinajstić information content (AvgIpc) is 2.34. The van der Waals surface area contributed by atoms with Crippen LogP contribution in [0.4, 0.5) is 10.1 Å². The molecule has 0 radical (unpaired) electrons. The molecule has 0 saturated heterocycles. The van der Waals surface area contributed by atoms with E-state index in [1.165, 1.54) is 18.2 Å². The van der Waals surface area contributed by atoms with Gasteiger partial charge >= 0.3 is 0 Å². The summed E-state index contributed by atoms with van der Waals surface area (Å²) in [6.45, 7) is 0. The number of halogens is 2. The normalized spacial score (nSPS) is 10.1. The van der Waals surface area contributed by atoms with E-state index in [0.29, 0.717) is 15.9 Å². The zero-order chi connectivity index (χ0) is 13.0. The van der Waals surface area contributed by atoms with Gasteiger partial charge in [-0.05, 0) is 46.3 Å². The second-order valence-corrected chi connectivity index (χ2v) is 4.52. The Bertz CT molecular complexity index is 560. The van der Waals surface area contributed by atoms with Crippen molar-refractivity contribution in [2.24, 2.45) is 0 Å². The predicted molar refractivity (Wildman–Crippen MR) is 70.7 cm³/mol. The van der Waals surface area contributed by atoms with E-state index in [4.69, 9.17) is 0 Å². The number of aromatic nitrogens is 1. The van der Waals surface area contributed by atoms with Crippen molar-refractivity contribution in [1.82, 2.24) is 4.98 Å². The highest BCUT2D eigenvalue weighted by atomic mass is 79.9. The fourth-order valence-electron chi connectivity index (χ4n) is 1.45. The number of carbonyl (C=O) groups is 1. The quantitative estimate of drug-likeness (QED) is 0.946. The van der Waals surface area contributed by atoms with Gasteiger partial charge in [0.05, 0.1) is 12.1 Å². The van der Waals surface area contributed by atoms with E-state index in [2.05, 4.69) is 26.2 Å². The van der Waals surface area contributed by atoms with Gasteiger partial charge in [0.1, 0.15) is 5.82 Å². The molecule has 92 valence electrons. The number of anilines is 1. The minimum absolute atomic E-state index is 0.185. The summed E-state index contributed by atoms with van der Waals surface area (Å²) in [7, 11) is 0. The van der Waals surface area contributed by atoms with Crippen LogP contribution in [0.2, 0.25) is 0 Å². The summed E-state index contributed by atoms with van der Waals surface area (Å²) in [5.74, 6) is -0.550. The van der Waals surface area contributed by atoms with Gasteiger partial charge in [0.2, 0.25) is 5.91 Å². The second-order valence-electron chi connectivity index (χ2n) is 3.67. The summed E-state index contributed by atoms with van der Waals surface area (Å²) in [6, 6.07) is 9.49. The molecule has 1 amide bonds. The van der Waals surface area contributed by atoms with Crippen LogP contribution in [0.5, 0.6) is 0 Å². The van der Waals surface area contributed by atoms with Crippen LogP contribution in [-0.4, -0.2) is 10.9 Å². The Hall–Kier alpha value is -1.75. The summed E-state index contributed by atoms with van der Waals surface area (Å²) in [6.07, 6.45) is 1.82. The molecule has 0 unspecified atom stereocenters. The maximum Gasteiger partial charge on any atom is 0.230 e. The molecule has 1 aromatic carbocycles. The smallest absolute Gasteiger partial charge is 0.230 e. The second kappa shape index (κ2) is 5.73. The third-order valence-electron chi connectivity index (χ3n) is 2.27. The van der Waals surface area contributed by atoms with Gasteiger partial charge in [0.15, 0.2) is 0 Å². The summed E-state index contributed by atoms with van der Waals surface area (Å²) in [4.78, 5) is 15.8. The topological polar surface area (TPSA) is 42.0 Å². The Morgan fingerprint density at radius 3 is 2.83 bits per heavy atom. The Labute approximate surface area is 112 Å². The maximum absolute atomic E-state index is 12.9. The van der Waals surface area contributed by atoms with Crippen molar-refractivity contribution in [3.8, 4) is 0 Å². The Morgan fingerprint density at radius 2 is 2.17 bits per heavy atom. The van der Waals surface area contributed by atoms with Crippen LogP contribution < -0.4 is 5.32 Å². The molecule has 5 heteroatoms. The first-order valence-corrected chi connectivity index (χ1v) is 6.09. The SMILES string of the molecule is O=C(Cc1ccccn1)Nc1ccc(F)cc1Br. The van der Waals surface area contributed by atoms with E-state index in [9.17, 15) is 9.18 Å². The van der Waals surface area contributed by atoms with E-state index in [1.54, 1.807) is 18.3 Å². The number of nitrogens with zero attached hydrogens (tertiary/aromatic N) is 1. The fourth-order valence-corrected chi connectivity index (χ4v) is 1.90. The molecular weight excluding hydrogens is 299 g/mol. The summed E-state index contributed by atoms with van der Waals surface area (Å²) in [5, 5.41) is 2.69. The lowest BCUT2D eigenvalue weighted by molar-refractivity contribution is -0.115. The van der Waals surface area contributed by atoms with Crippen molar-refractivity contribution in [3.05, 3.63) is 58.6 Å². The van der Waals surface area contributed by atoms with Gasteiger partial charge in [-0.2, -0.15) is 0 Å². The molecule has 0 spiro atoms. The fraction of sp³-hybridized carbons (Fsp3) is 0.0769. The van der Waals surface area contributed by atoms with Crippen LogP contribution in [-0.2, 0) is 11.2 Å². The summed E-state index contributed by atoms with van der Waals surface area (Å²) >= 11 is 3.19. The van der Waals surface area contributed by atoms with Crippen LogP contribution in [0.25, 0.3) is 0 Å². The molecule has 0 aliphatic heterocycles. The molecule has 2 aromatic rings. The van der Waals surface area contributed by atoms with E-state index in [0.717, 1.165) is 0 Å². The van der Waals surface area contributed by atoms with Crippen molar-refractivity contribution in [1.29, 1.82) is 0 Å². The molecule has 0 saturated carbocycles. The Balaban J connectivity index is 2.03. The number of nitrogens with one attached hydrogen (secondary N) is 1. The molecule has 0 aliphatic carbocycles. The lowest BCUT2D eigenvalue weighted by Gasteiger charge is -2.07. The van der Waals surface area contributed by atoms with Gasteiger partial charge in [0, 0.05) is 16.4 Å². The first-order valence-electron chi connectivity index (χ1n) is 5.30. The van der Waals surface area contributed by atoms with Crippen LogP contribution in [0.1, 0.15) is 5.69 Å². The molecule has 0 bridgehead atoms. The zero-order valence-electron chi connectivity index (χ0n) is 9.36. The average molecular weight is 309 g/mol. The molecule has 3 nitrogen and oxygen atoms in total. The van der Waals surface area contributed by atoms with Gasteiger partial charge in [-0.25, -0.2) is 4.39 Å². The highest BCUT2D eigenvalue weighted by Crippen LogP contribution is 2.23. The van der Waals surface area contributed by atoms with Gasteiger partial charge in [-0.1, -0.05) is 6.07 Å². The zero-order valence-corrected chi connectivity index (χ0v) is 10.9. The predicted octanol–water partition coefficient (Wildman–Crippen LogP) is 3.16. The monoisotopic (exact) mass is 308 g/mol. The lowest BCUT2D eigenvalue weighted by atomic mass is 10.2. The minimum Gasteiger partial charge on any atom is -0.325 e. The van der Waals surface area contributed by atoms with E-state index >= 15 is 0 Å². The highest BCUT2D eigenvalue weighted by Gasteiger charge is 2.07. The molecule has 18 heavy (non-hydrogen) atoms. The summed E-state index contributed by atoms with van der Waals surface area (Å²) in [5.41, 5.74) is 1.23. The van der Waals surface area contributed by atoms with Crippen molar-refractivity contribution < 1.29 is 9.18 Å². The van der Waals surface area contributed by atoms with Crippen molar-refractivity contribution in [2.45, 2.75) is 6.42 Å². The Morgan fingerprint density at radius 1 is 1.33 bits per heavy atom. The highest BCUT2D eigenvalue weighted by molar-refractivity contribution is 9.10. The van der Waals surface area contributed by atoms with E-state index in [1.807, 2.05) is 6.07 Å². The van der Waals surface area contributed by atoms with Gasteiger partial charge in [-0.3, -0.25) is 9.78 Å². The number of hydrogen-bond acceptors (Lipinski definition) is 2. The molecule has 1 N–H and O–H groups in total. The minimum atomic E-state index is -0.357. The molecule has 1 heterocycles. The van der Waals surface area contributed by atoms with Crippen molar-refractivity contribution >= 4 is 27.5 Å². The van der Waals surface area contributed by atoms with Crippen LogP contribution >= 0.6 is 15.9 Å². The first-order chi connectivity index (χ1) is 8.65. The molecule has 1 aromatic heterocycles. The molecule has 0 atom stereocenters. The maximum atomic E-state index is 12.9. The number of pyridine rings is 1. The molecular formula is C13H10BrFN2O. The van der Waals surface area contributed by atoms with E-state index in [-0.39, 0.29) is 18.1 Å². The van der Waals surface area contributed by atoms with Crippen LogP contribution in [0.3, 0.4) is 0 Å². The summed E-state index contributed by atoms with van der Waals surface area (Å²) < 4.78 is 13.4. The first kappa shape index (κ1) is 12.7. The van der Waals surface area contributed by atoms with Crippen LogP contribution in [0.15, 0.2) is 47.1 Å². The standard InChI is InChI=1S/C13H10BrFN2O/c14-11-7-9(15)4-5-12(11)17-13(18)8-10-3-1-2-6-16-10/h1-7H,8H2,(H,17,18). The van der Waals surface area contributed by atoms with Gasteiger partial charge in [0.25, 0.3) is 0 Å². The third kappa shape index (κ3) is 3.37. The number of rotatable bonds is 3. The van der Waals surface area contributed by atoms with Crippen molar-refractivity contribution in [3.63, 3.8) is 0 Å². The number of hydrogen-bond donors (Lipinski definition) is 1. The third-order valence-corrected chi connectivity index (χ3v) is 2.93. The van der Waals surface area contributed by atoms with Crippen LogP contribution in [0, 0.1) is 5.82 Å². The lowest BCUT2D eigenvalue weighted by Crippen LogP contribution is -2.15. The van der Waals surface area contributed by atoms with E-state index < -0.39 is 0 Å². The van der Waals surface area contributed by atoms with Gasteiger partial charge < -0.3 is 5.32 Å². The van der Waals surface area contributed by atoms with Crippen molar-refractivity contribution in [2.75, 3.05) is 5.32 Å². The molecule has 0 aliphatic rings. The number of carbonyl (C=O) groups excluding carboxylic acids is 1. The number of benzene rings is 1. The number of amides is 1. The molecule has 0 fully saturated rings. The molecule has 2 rings (SSSR count). The van der Waals surface area contributed by atoms with Gasteiger partial charge in [-0.15, -0.1) is 0 Å².